The van der Waals surface area contributed by atoms with Crippen molar-refractivity contribution in [2.24, 2.45) is 0 Å². The van der Waals surface area contributed by atoms with E-state index >= 15 is 0 Å². The average molecular weight is 437 g/mol. The van der Waals surface area contributed by atoms with Crippen LogP contribution in [0.15, 0.2) is 47.4 Å². The number of nitrogens with zero attached hydrogens (tertiary/aromatic N) is 2. The summed E-state index contributed by atoms with van der Waals surface area (Å²) in [6.45, 7) is 2.05. The van der Waals surface area contributed by atoms with E-state index in [1.807, 2.05) is 24.3 Å². The summed E-state index contributed by atoms with van der Waals surface area (Å²) in [6.07, 6.45) is 0. The molecular weight excluding hydrogens is 419 g/mol. The van der Waals surface area contributed by atoms with Crippen LogP contribution in [0, 0.1) is 0 Å². The fraction of sp³-hybridized carbons (Fsp3) is 0.211. The quantitative estimate of drug-likeness (QED) is 0.529. The van der Waals surface area contributed by atoms with Gasteiger partial charge < -0.3 is 10.1 Å². The first-order chi connectivity index (χ1) is 13.5. The van der Waals surface area contributed by atoms with Gasteiger partial charge in [-0.1, -0.05) is 23.2 Å². The summed E-state index contributed by atoms with van der Waals surface area (Å²) in [7, 11) is 1.61. The van der Waals surface area contributed by atoms with E-state index in [0.717, 1.165) is 16.2 Å². The van der Waals surface area contributed by atoms with Gasteiger partial charge in [0.2, 0.25) is 5.91 Å². The van der Waals surface area contributed by atoms with E-state index < -0.39 is 0 Å². The first-order valence-electron chi connectivity index (χ1n) is 8.41. The number of ether oxygens (including phenoxy) is 1. The van der Waals surface area contributed by atoms with E-state index in [-0.39, 0.29) is 17.7 Å². The highest BCUT2D eigenvalue weighted by Gasteiger charge is 2.17. The number of H-pyrrole nitrogens is 1. The highest BCUT2D eigenvalue weighted by molar-refractivity contribution is 8.00. The molecule has 3 aromatic rings. The predicted octanol–water partition coefficient (Wildman–Crippen LogP) is 4.58. The van der Waals surface area contributed by atoms with Crippen molar-refractivity contribution in [2.75, 3.05) is 7.11 Å². The minimum absolute atomic E-state index is 0.136. The largest absolute Gasteiger partial charge is 0.497 e. The summed E-state index contributed by atoms with van der Waals surface area (Å²) in [5.41, 5.74) is 0.856. The van der Waals surface area contributed by atoms with Crippen LogP contribution in [0.5, 0.6) is 5.75 Å². The van der Waals surface area contributed by atoms with Gasteiger partial charge in [-0.25, -0.2) is 4.98 Å². The van der Waals surface area contributed by atoms with Crippen LogP contribution in [-0.2, 0) is 11.3 Å². The molecule has 1 heterocycles. The molecule has 0 aliphatic carbocycles. The Morgan fingerprint density at radius 2 is 2.00 bits per heavy atom. The molecule has 0 aliphatic rings. The maximum absolute atomic E-state index is 12.4. The third-order valence-electron chi connectivity index (χ3n) is 3.88. The molecule has 2 aromatic carbocycles. The van der Waals surface area contributed by atoms with Crippen molar-refractivity contribution in [2.45, 2.75) is 23.6 Å². The zero-order valence-corrected chi connectivity index (χ0v) is 17.5. The Balaban J connectivity index is 1.57. The van der Waals surface area contributed by atoms with E-state index in [1.54, 1.807) is 32.2 Å². The molecule has 0 spiro atoms. The Morgan fingerprint density at radius 3 is 2.71 bits per heavy atom. The molecule has 1 atom stereocenters. The topological polar surface area (TPSA) is 79.9 Å². The van der Waals surface area contributed by atoms with Crippen LogP contribution in [-0.4, -0.2) is 33.4 Å². The molecule has 0 saturated carbocycles. The van der Waals surface area contributed by atoms with Gasteiger partial charge in [0.15, 0.2) is 5.82 Å². The smallest absolute Gasteiger partial charge is 0.233 e. The van der Waals surface area contributed by atoms with Gasteiger partial charge >= 0.3 is 0 Å². The molecule has 9 heteroatoms. The zero-order chi connectivity index (χ0) is 20.1. The number of carbonyl (C=O) groups is 1. The number of aromatic nitrogens is 3. The molecule has 1 amide bonds. The number of benzene rings is 2. The summed E-state index contributed by atoms with van der Waals surface area (Å²) < 4.78 is 5.14. The number of rotatable bonds is 7. The molecule has 6 nitrogen and oxygen atoms in total. The van der Waals surface area contributed by atoms with Crippen LogP contribution >= 0.6 is 35.0 Å². The maximum Gasteiger partial charge on any atom is 0.233 e. The summed E-state index contributed by atoms with van der Waals surface area (Å²) in [4.78, 5) is 17.6. The minimum atomic E-state index is -0.347. The maximum atomic E-state index is 12.4. The molecule has 2 N–H and O–H groups in total. The number of methoxy groups -OCH3 is 1. The predicted molar refractivity (Wildman–Crippen MR) is 112 cm³/mol. The van der Waals surface area contributed by atoms with Crippen molar-refractivity contribution in [1.82, 2.24) is 20.5 Å². The van der Waals surface area contributed by atoms with Gasteiger partial charge in [-0.3, -0.25) is 9.89 Å². The molecule has 0 aliphatic heterocycles. The number of carbonyl (C=O) groups excluding carboxylic acids is 1. The Bertz CT molecular complexity index is 963. The Morgan fingerprint density at radius 1 is 1.25 bits per heavy atom. The van der Waals surface area contributed by atoms with Crippen LogP contribution in [0.4, 0.5) is 0 Å². The van der Waals surface area contributed by atoms with Gasteiger partial charge in [-0.05, 0) is 49.4 Å². The van der Waals surface area contributed by atoms with Crippen LogP contribution in [0.2, 0.25) is 10.0 Å². The lowest BCUT2D eigenvalue weighted by atomic mass is 10.2. The molecule has 0 saturated heterocycles. The molecule has 1 unspecified atom stereocenters. The Labute approximate surface area is 177 Å². The number of hydrogen-bond donors (Lipinski definition) is 2. The fourth-order valence-electron chi connectivity index (χ4n) is 2.37. The lowest BCUT2D eigenvalue weighted by Gasteiger charge is -2.12. The summed E-state index contributed by atoms with van der Waals surface area (Å²) >= 11 is 13.5. The number of nitrogens with one attached hydrogen (secondary N) is 2. The SMILES string of the molecule is COc1ccc(-c2n[nH]c(CNC(=O)C(C)Sc3cc(Cl)ccc3Cl)n2)cc1. The third kappa shape index (κ3) is 5.19. The normalized spacial score (nSPS) is 11.9. The van der Waals surface area contributed by atoms with Gasteiger partial charge in [0.1, 0.15) is 11.6 Å². The van der Waals surface area contributed by atoms with E-state index in [9.17, 15) is 4.79 Å². The van der Waals surface area contributed by atoms with Crippen LogP contribution in [0.3, 0.4) is 0 Å². The van der Waals surface area contributed by atoms with E-state index in [0.29, 0.717) is 21.7 Å². The van der Waals surface area contributed by atoms with Gasteiger partial charge in [0.05, 0.1) is 23.9 Å². The second-order valence-corrected chi connectivity index (χ2v) is 8.11. The van der Waals surface area contributed by atoms with Crippen LogP contribution in [0.25, 0.3) is 11.4 Å². The molecular formula is C19H18Cl2N4O2S. The average Bonchev–Trinajstić information content (AvgIpc) is 3.18. The molecule has 0 fully saturated rings. The Kier molecular flexibility index (Phi) is 6.83. The fourth-order valence-corrected chi connectivity index (χ4v) is 3.80. The zero-order valence-electron chi connectivity index (χ0n) is 15.2. The molecule has 28 heavy (non-hydrogen) atoms. The van der Waals surface area contributed by atoms with Crippen molar-refractivity contribution in [3.63, 3.8) is 0 Å². The summed E-state index contributed by atoms with van der Waals surface area (Å²) in [5, 5.41) is 10.7. The van der Waals surface area contributed by atoms with Gasteiger partial charge in [0, 0.05) is 15.5 Å². The van der Waals surface area contributed by atoms with Crippen molar-refractivity contribution in [1.29, 1.82) is 0 Å². The van der Waals surface area contributed by atoms with Crippen molar-refractivity contribution < 1.29 is 9.53 Å². The van der Waals surface area contributed by atoms with Gasteiger partial charge in [0.25, 0.3) is 0 Å². The molecule has 0 bridgehead atoms. The lowest BCUT2D eigenvalue weighted by molar-refractivity contribution is -0.120. The monoisotopic (exact) mass is 436 g/mol. The highest BCUT2D eigenvalue weighted by atomic mass is 35.5. The molecule has 1 aromatic heterocycles. The second kappa shape index (κ2) is 9.32. The first-order valence-corrected chi connectivity index (χ1v) is 10.0. The third-order valence-corrected chi connectivity index (χ3v) is 5.71. The van der Waals surface area contributed by atoms with E-state index in [2.05, 4.69) is 20.5 Å². The number of amides is 1. The van der Waals surface area contributed by atoms with Crippen molar-refractivity contribution >= 4 is 40.9 Å². The number of hydrogen-bond acceptors (Lipinski definition) is 5. The number of aromatic amines is 1. The van der Waals surface area contributed by atoms with E-state index in [1.165, 1.54) is 11.8 Å². The molecule has 146 valence electrons. The van der Waals surface area contributed by atoms with Gasteiger partial charge in [-0.15, -0.1) is 11.8 Å². The van der Waals surface area contributed by atoms with Crippen molar-refractivity contribution in [3.05, 3.63) is 58.3 Å². The molecule has 3 rings (SSSR count). The van der Waals surface area contributed by atoms with Crippen LogP contribution < -0.4 is 10.1 Å². The van der Waals surface area contributed by atoms with Gasteiger partial charge in [-0.2, -0.15) is 5.10 Å². The minimum Gasteiger partial charge on any atom is -0.497 e. The highest BCUT2D eigenvalue weighted by Crippen LogP contribution is 2.32. The van der Waals surface area contributed by atoms with Crippen molar-refractivity contribution in [3.8, 4) is 17.1 Å². The summed E-state index contributed by atoms with van der Waals surface area (Å²) in [6, 6.07) is 12.6. The summed E-state index contributed by atoms with van der Waals surface area (Å²) in [5.74, 6) is 1.75. The molecule has 0 radical (unpaired) electrons. The first kappa shape index (κ1) is 20.5. The lowest BCUT2D eigenvalue weighted by Crippen LogP contribution is -2.30. The second-order valence-electron chi connectivity index (χ2n) is 5.89. The number of thioether (sulfide) groups is 1. The Hall–Kier alpha value is -2.22. The van der Waals surface area contributed by atoms with E-state index in [4.69, 9.17) is 27.9 Å². The standard InChI is InChI=1S/C19H18Cl2N4O2S/c1-11(28-16-9-13(20)5-8-15(16)21)19(26)22-10-17-23-18(25-24-17)12-3-6-14(27-2)7-4-12/h3-9,11H,10H2,1-2H3,(H,22,26)(H,23,24,25). The number of halogens is 2. The van der Waals surface area contributed by atoms with Crippen LogP contribution in [0.1, 0.15) is 12.7 Å².